The molecule has 0 heterocycles. The zero-order chi connectivity index (χ0) is 13.1. The summed E-state index contributed by atoms with van der Waals surface area (Å²) in [5.74, 6) is -2.80. The molecular formula is C13H14F3N. The van der Waals surface area contributed by atoms with E-state index in [2.05, 4.69) is 6.07 Å². The van der Waals surface area contributed by atoms with Crippen molar-refractivity contribution in [3.63, 3.8) is 0 Å². The van der Waals surface area contributed by atoms with Crippen molar-refractivity contribution in [2.24, 2.45) is 5.41 Å². The molecule has 1 nitrogen and oxygen atoms in total. The maximum absolute atomic E-state index is 13.5. The lowest BCUT2D eigenvalue weighted by atomic mass is 9.78. The second kappa shape index (κ2) is 5.22. The first-order chi connectivity index (χ1) is 7.98. The zero-order valence-electron chi connectivity index (χ0n) is 9.86. The Hall–Kier alpha value is -1.50. The largest absolute Gasteiger partial charge is 0.207 e. The van der Waals surface area contributed by atoms with Gasteiger partial charge < -0.3 is 0 Å². The van der Waals surface area contributed by atoms with E-state index in [0.29, 0.717) is 25.0 Å². The second-order valence-corrected chi connectivity index (χ2v) is 4.12. The number of nitrogens with zero attached hydrogens (tertiary/aromatic N) is 1. The first kappa shape index (κ1) is 13.6. The number of hydrogen-bond acceptors (Lipinski definition) is 1. The molecule has 4 heteroatoms. The fourth-order valence-electron chi connectivity index (χ4n) is 1.78. The van der Waals surface area contributed by atoms with Crippen molar-refractivity contribution < 1.29 is 13.2 Å². The summed E-state index contributed by atoms with van der Waals surface area (Å²) in [6, 6.07) is 3.39. The molecule has 0 atom stereocenters. The third-order valence-electron chi connectivity index (χ3n) is 3.21. The molecule has 0 amide bonds. The molecule has 0 saturated heterocycles. The van der Waals surface area contributed by atoms with E-state index in [4.69, 9.17) is 5.26 Å². The van der Waals surface area contributed by atoms with Gasteiger partial charge in [0.05, 0.1) is 11.5 Å². The highest BCUT2D eigenvalue weighted by atomic mass is 19.1. The van der Waals surface area contributed by atoms with Crippen LogP contribution >= 0.6 is 0 Å². The van der Waals surface area contributed by atoms with Crippen LogP contribution in [0.2, 0.25) is 0 Å². The van der Waals surface area contributed by atoms with Crippen molar-refractivity contribution in [1.82, 2.24) is 0 Å². The predicted molar refractivity (Wildman–Crippen MR) is 58.6 cm³/mol. The highest BCUT2D eigenvalue weighted by molar-refractivity contribution is 5.24. The van der Waals surface area contributed by atoms with E-state index in [1.807, 2.05) is 0 Å². The van der Waals surface area contributed by atoms with Crippen molar-refractivity contribution in [1.29, 1.82) is 5.26 Å². The van der Waals surface area contributed by atoms with Gasteiger partial charge in [-0.05, 0) is 19.3 Å². The number of benzene rings is 1. The van der Waals surface area contributed by atoms with Crippen molar-refractivity contribution >= 4 is 0 Å². The molecule has 0 aliphatic heterocycles. The Bertz CT molecular complexity index is 421. The molecule has 0 N–H and O–H groups in total. The maximum Gasteiger partial charge on any atom is 0.132 e. The van der Waals surface area contributed by atoms with Crippen molar-refractivity contribution in [3.8, 4) is 6.07 Å². The van der Waals surface area contributed by atoms with Gasteiger partial charge in [-0.1, -0.05) is 13.8 Å². The van der Waals surface area contributed by atoms with Gasteiger partial charge in [-0.3, -0.25) is 0 Å². The molecule has 0 fully saturated rings. The minimum absolute atomic E-state index is 0.0333. The van der Waals surface area contributed by atoms with Crippen LogP contribution in [0.4, 0.5) is 13.2 Å². The van der Waals surface area contributed by atoms with E-state index in [1.165, 1.54) is 0 Å². The summed E-state index contributed by atoms with van der Waals surface area (Å²) in [6.07, 6.45) is 0.959. The van der Waals surface area contributed by atoms with E-state index in [0.717, 1.165) is 0 Å². The topological polar surface area (TPSA) is 23.8 Å². The summed E-state index contributed by atoms with van der Waals surface area (Å²) in [5, 5.41) is 9.11. The van der Waals surface area contributed by atoms with Crippen LogP contribution in [0.15, 0.2) is 12.1 Å². The van der Waals surface area contributed by atoms with E-state index in [9.17, 15) is 13.2 Å². The normalized spacial score (nSPS) is 11.3. The van der Waals surface area contributed by atoms with Gasteiger partial charge in [-0.25, -0.2) is 13.2 Å². The first-order valence-corrected chi connectivity index (χ1v) is 5.52. The average Bonchev–Trinajstić information content (AvgIpc) is 2.29. The predicted octanol–water partition coefficient (Wildman–Crippen LogP) is 3.98. The Kier molecular flexibility index (Phi) is 4.17. The molecular weight excluding hydrogens is 227 g/mol. The monoisotopic (exact) mass is 241 g/mol. The van der Waals surface area contributed by atoms with Crippen LogP contribution < -0.4 is 0 Å². The Morgan fingerprint density at radius 2 is 1.59 bits per heavy atom. The summed E-state index contributed by atoms with van der Waals surface area (Å²) in [4.78, 5) is 0. The van der Waals surface area contributed by atoms with Gasteiger partial charge in [0.2, 0.25) is 0 Å². The van der Waals surface area contributed by atoms with E-state index < -0.39 is 22.9 Å². The molecule has 0 spiro atoms. The molecule has 0 bridgehead atoms. The van der Waals surface area contributed by atoms with Crippen LogP contribution in [0.3, 0.4) is 0 Å². The lowest BCUT2D eigenvalue weighted by Gasteiger charge is -2.23. The van der Waals surface area contributed by atoms with Crippen LogP contribution in [-0.2, 0) is 6.42 Å². The Morgan fingerprint density at radius 3 is 1.94 bits per heavy atom. The first-order valence-electron chi connectivity index (χ1n) is 5.52. The van der Waals surface area contributed by atoms with Gasteiger partial charge in [-0.15, -0.1) is 0 Å². The van der Waals surface area contributed by atoms with Crippen LogP contribution in [-0.4, -0.2) is 0 Å². The van der Waals surface area contributed by atoms with Gasteiger partial charge in [-0.2, -0.15) is 5.26 Å². The molecule has 92 valence electrons. The summed E-state index contributed by atoms with van der Waals surface area (Å²) in [7, 11) is 0. The van der Waals surface area contributed by atoms with Gasteiger partial charge >= 0.3 is 0 Å². The van der Waals surface area contributed by atoms with Crippen LogP contribution in [0, 0.1) is 34.2 Å². The Labute approximate surface area is 98.9 Å². The molecule has 0 aliphatic carbocycles. The quantitative estimate of drug-likeness (QED) is 0.782. The minimum Gasteiger partial charge on any atom is -0.207 e. The molecule has 1 aromatic rings. The van der Waals surface area contributed by atoms with Crippen molar-refractivity contribution in [2.75, 3.05) is 0 Å². The minimum atomic E-state index is -0.945. The molecule has 0 radical (unpaired) electrons. The lowest BCUT2D eigenvalue weighted by molar-refractivity contribution is 0.349. The Morgan fingerprint density at radius 1 is 1.12 bits per heavy atom. The molecule has 0 aliphatic rings. The molecule has 1 aromatic carbocycles. The third kappa shape index (κ3) is 2.79. The van der Waals surface area contributed by atoms with Crippen LogP contribution in [0.1, 0.15) is 32.3 Å². The average molecular weight is 241 g/mol. The fourth-order valence-corrected chi connectivity index (χ4v) is 1.78. The highest BCUT2D eigenvalue weighted by Crippen LogP contribution is 2.32. The number of nitriles is 1. The van der Waals surface area contributed by atoms with Gasteiger partial charge in [0, 0.05) is 17.7 Å². The van der Waals surface area contributed by atoms with Gasteiger partial charge in [0.1, 0.15) is 17.5 Å². The molecule has 17 heavy (non-hydrogen) atoms. The fraction of sp³-hybridized carbons (Fsp3) is 0.462. The van der Waals surface area contributed by atoms with E-state index in [-0.39, 0.29) is 12.0 Å². The van der Waals surface area contributed by atoms with E-state index in [1.54, 1.807) is 13.8 Å². The maximum atomic E-state index is 13.5. The summed E-state index contributed by atoms with van der Waals surface area (Å²) in [5.41, 5.74) is -1.00. The molecule has 0 unspecified atom stereocenters. The van der Waals surface area contributed by atoms with Crippen molar-refractivity contribution in [3.05, 3.63) is 35.1 Å². The number of hydrogen-bond donors (Lipinski definition) is 0. The van der Waals surface area contributed by atoms with Crippen LogP contribution in [0.25, 0.3) is 0 Å². The summed E-state index contributed by atoms with van der Waals surface area (Å²) < 4.78 is 39.7. The van der Waals surface area contributed by atoms with Crippen molar-refractivity contribution in [2.45, 2.75) is 33.1 Å². The summed E-state index contributed by atoms with van der Waals surface area (Å²) >= 11 is 0. The summed E-state index contributed by atoms with van der Waals surface area (Å²) in [6.45, 7) is 3.60. The molecule has 0 saturated carbocycles. The number of rotatable bonds is 4. The van der Waals surface area contributed by atoms with Gasteiger partial charge in [0.15, 0.2) is 0 Å². The lowest BCUT2D eigenvalue weighted by Crippen LogP contribution is -2.21. The van der Waals surface area contributed by atoms with Gasteiger partial charge in [0.25, 0.3) is 0 Å². The smallest absolute Gasteiger partial charge is 0.132 e. The van der Waals surface area contributed by atoms with E-state index >= 15 is 0 Å². The Balaban J connectivity index is 3.15. The molecule has 0 aromatic heterocycles. The SMILES string of the molecule is CCC(C#N)(CC)Cc1c(F)cc(F)cc1F. The highest BCUT2D eigenvalue weighted by Gasteiger charge is 2.29. The second-order valence-electron chi connectivity index (χ2n) is 4.12. The van der Waals surface area contributed by atoms with Crippen LogP contribution in [0.5, 0.6) is 0 Å². The third-order valence-corrected chi connectivity index (χ3v) is 3.21. The zero-order valence-corrected chi connectivity index (χ0v) is 9.86. The molecule has 1 rings (SSSR count). The number of halogens is 3. The standard InChI is InChI=1S/C13H14F3N/c1-3-13(4-2,8-17)7-10-11(15)5-9(14)6-12(10)16/h5-6H,3-4,7H2,1-2H3.